The Hall–Kier alpha value is -1.02. The topological polar surface area (TPSA) is 21.3 Å². The van der Waals surface area contributed by atoms with E-state index in [0.29, 0.717) is 6.04 Å². The molecule has 0 radical (unpaired) electrons. The second-order valence-electron chi connectivity index (χ2n) is 5.09. The minimum atomic E-state index is 0.653. The summed E-state index contributed by atoms with van der Waals surface area (Å²) in [5.74, 6) is 0.974. The molecule has 0 aliphatic heterocycles. The van der Waals surface area contributed by atoms with Crippen LogP contribution in [0.4, 0.5) is 0 Å². The summed E-state index contributed by atoms with van der Waals surface area (Å²) in [4.78, 5) is 0. The molecule has 0 spiro atoms. The van der Waals surface area contributed by atoms with E-state index in [1.54, 1.807) is 0 Å². The van der Waals surface area contributed by atoms with Crippen LogP contribution in [0.3, 0.4) is 0 Å². The lowest BCUT2D eigenvalue weighted by atomic mass is 10.0. The number of hydrogen-bond donors (Lipinski definition) is 1. The van der Waals surface area contributed by atoms with Crippen LogP contribution in [0.25, 0.3) is 0 Å². The lowest BCUT2D eigenvalue weighted by Crippen LogP contribution is -2.28. The van der Waals surface area contributed by atoms with E-state index in [1.165, 1.54) is 37.7 Å². The van der Waals surface area contributed by atoms with Crippen molar-refractivity contribution in [3.05, 3.63) is 29.8 Å². The van der Waals surface area contributed by atoms with Crippen LogP contribution in [0.1, 0.15) is 58.4 Å². The predicted molar refractivity (Wildman–Crippen MR) is 82.7 cm³/mol. The molecule has 1 aromatic rings. The van der Waals surface area contributed by atoms with E-state index in [2.05, 4.69) is 37.4 Å². The molecule has 0 saturated heterocycles. The van der Waals surface area contributed by atoms with Gasteiger partial charge >= 0.3 is 0 Å². The predicted octanol–water partition coefficient (Wildman–Crippen LogP) is 4.53. The molecule has 1 atom stereocenters. The third-order valence-corrected chi connectivity index (χ3v) is 3.35. The van der Waals surface area contributed by atoms with Crippen molar-refractivity contribution >= 4 is 0 Å². The van der Waals surface area contributed by atoms with Gasteiger partial charge in [0.25, 0.3) is 0 Å². The Bertz CT molecular complexity index is 338. The molecule has 0 aliphatic carbocycles. The third kappa shape index (κ3) is 6.63. The van der Waals surface area contributed by atoms with Crippen molar-refractivity contribution in [1.82, 2.24) is 5.32 Å². The highest BCUT2D eigenvalue weighted by atomic mass is 16.5. The van der Waals surface area contributed by atoms with Crippen molar-refractivity contribution in [3.8, 4) is 5.75 Å². The summed E-state index contributed by atoms with van der Waals surface area (Å²) in [5.41, 5.74) is 1.31. The Labute approximate surface area is 118 Å². The SMILES string of the molecule is CCCCC(CCC)NCc1cccc(OCC)c1. The van der Waals surface area contributed by atoms with Gasteiger partial charge in [-0.3, -0.25) is 0 Å². The van der Waals surface area contributed by atoms with E-state index >= 15 is 0 Å². The molecule has 0 aromatic heterocycles. The number of benzene rings is 1. The molecular weight excluding hydrogens is 234 g/mol. The number of rotatable bonds is 10. The fourth-order valence-electron chi connectivity index (χ4n) is 2.32. The van der Waals surface area contributed by atoms with Gasteiger partial charge in [-0.05, 0) is 37.5 Å². The molecule has 1 unspecified atom stereocenters. The molecule has 108 valence electrons. The maximum atomic E-state index is 5.54. The third-order valence-electron chi connectivity index (χ3n) is 3.35. The highest BCUT2D eigenvalue weighted by molar-refractivity contribution is 5.28. The Morgan fingerprint density at radius 2 is 1.95 bits per heavy atom. The summed E-state index contributed by atoms with van der Waals surface area (Å²) in [7, 11) is 0. The van der Waals surface area contributed by atoms with Gasteiger partial charge in [0, 0.05) is 12.6 Å². The van der Waals surface area contributed by atoms with Gasteiger partial charge in [-0.25, -0.2) is 0 Å². The molecule has 2 heteroatoms. The van der Waals surface area contributed by atoms with Crippen molar-refractivity contribution < 1.29 is 4.74 Å². The summed E-state index contributed by atoms with van der Waals surface area (Å²) >= 11 is 0. The second-order valence-corrected chi connectivity index (χ2v) is 5.09. The van der Waals surface area contributed by atoms with Gasteiger partial charge in [-0.1, -0.05) is 45.2 Å². The summed E-state index contributed by atoms with van der Waals surface area (Å²) in [6, 6.07) is 9.05. The van der Waals surface area contributed by atoms with E-state index in [4.69, 9.17) is 4.74 Å². The van der Waals surface area contributed by atoms with Crippen molar-refractivity contribution in [2.24, 2.45) is 0 Å². The smallest absolute Gasteiger partial charge is 0.119 e. The summed E-state index contributed by atoms with van der Waals surface area (Å²) in [6.45, 7) is 8.21. The Kier molecular flexibility index (Phi) is 8.31. The Balaban J connectivity index is 2.45. The normalized spacial score (nSPS) is 12.4. The number of nitrogens with one attached hydrogen (secondary N) is 1. The van der Waals surface area contributed by atoms with Crippen LogP contribution in [0.15, 0.2) is 24.3 Å². The van der Waals surface area contributed by atoms with Crippen LogP contribution >= 0.6 is 0 Å². The quantitative estimate of drug-likeness (QED) is 0.669. The summed E-state index contributed by atoms with van der Waals surface area (Å²) < 4.78 is 5.54. The lowest BCUT2D eigenvalue weighted by Gasteiger charge is -2.18. The van der Waals surface area contributed by atoms with Crippen molar-refractivity contribution in [1.29, 1.82) is 0 Å². The largest absolute Gasteiger partial charge is 0.494 e. The minimum absolute atomic E-state index is 0.653. The molecule has 19 heavy (non-hydrogen) atoms. The Morgan fingerprint density at radius 1 is 1.11 bits per heavy atom. The van der Waals surface area contributed by atoms with Gasteiger partial charge in [-0.15, -0.1) is 0 Å². The van der Waals surface area contributed by atoms with Crippen LogP contribution in [-0.2, 0) is 6.54 Å². The van der Waals surface area contributed by atoms with Gasteiger partial charge in [0.1, 0.15) is 5.75 Å². The summed E-state index contributed by atoms with van der Waals surface area (Å²) in [6.07, 6.45) is 6.40. The molecule has 0 bridgehead atoms. The zero-order valence-electron chi connectivity index (χ0n) is 12.7. The second kappa shape index (κ2) is 9.85. The van der Waals surface area contributed by atoms with Crippen LogP contribution in [-0.4, -0.2) is 12.6 Å². The van der Waals surface area contributed by atoms with Crippen molar-refractivity contribution in [2.75, 3.05) is 6.61 Å². The van der Waals surface area contributed by atoms with Crippen LogP contribution in [0.5, 0.6) is 5.75 Å². The molecule has 2 nitrogen and oxygen atoms in total. The molecular formula is C17H29NO. The molecule has 0 heterocycles. The first kappa shape index (κ1) is 16.0. The van der Waals surface area contributed by atoms with E-state index in [9.17, 15) is 0 Å². The maximum Gasteiger partial charge on any atom is 0.119 e. The molecule has 0 amide bonds. The van der Waals surface area contributed by atoms with E-state index in [0.717, 1.165) is 18.9 Å². The molecule has 0 aliphatic rings. The molecule has 1 rings (SSSR count). The van der Waals surface area contributed by atoms with Crippen molar-refractivity contribution in [2.45, 2.75) is 65.5 Å². The van der Waals surface area contributed by atoms with Gasteiger partial charge in [0.2, 0.25) is 0 Å². The van der Waals surface area contributed by atoms with Crippen LogP contribution in [0.2, 0.25) is 0 Å². The molecule has 0 fully saturated rings. The van der Waals surface area contributed by atoms with Gasteiger partial charge in [0.05, 0.1) is 6.61 Å². The first-order chi connectivity index (χ1) is 9.30. The average molecular weight is 263 g/mol. The first-order valence-electron chi connectivity index (χ1n) is 7.75. The summed E-state index contributed by atoms with van der Waals surface area (Å²) in [5, 5.41) is 3.69. The fraction of sp³-hybridized carbons (Fsp3) is 0.647. The highest BCUT2D eigenvalue weighted by Crippen LogP contribution is 2.14. The average Bonchev–Trinajstić information content (AvgIpc) is 2.43. The van der Waals surface area contributed by atoms with Crippen LogP contribution in [0, 0.1) is 0 Å². The lowest BCUT2D eigenvalue weighted by molar-refractivity contribution is 0.339. The van der Waals surface area contributed by atoms with Gasteiger partial charge in [-0.2, -0.15) is 0 Å². The van der Waals surface area contributed by atoms with Gasteiger partial charge < -0.3 is 10.1 Å². The van der Waals surface area contributed by atoms with Crippen molar-refractivity contribution in [3.63, 3.8) is 0 Å². The van der Waals surface area contributed by atoms with E-state index < -0.39 is 0 Å². The first-order valence-corrected chi connectivity index (χ1v) is 7.75. The molecule has 0 saturated carbocycles. The highest BCUT2D eigenvalue weighted by Gasteiger charge is 2.06. The Morgan fingerprint density at radius 3 is 2.63 bits per heavy atom. The molecule has 1 aromatic carbocycles. The zero-order chi connectivity index (χ0) is 13.9. The zero-order valence-corrected chi connectivity index (χ0v) is 12.7. The monoisotopic (exact) mass is 263 g/mol. The number of unbranched alkanes of at least 4 members (excludes halogenated alkanes) is 1. The maximum absolute atomic E-state index is 5.54. The van der Waals surface area contributed by atoms with Crippen LogP contribution < -0.4 is 10.1 Å². The molecule has 1 N–H and O–H groups in total. The fourth-order valence-corrected chi connectivity index (χ4v) is 2.32. The standard InChI is InChI=1S/C17H29NO/c1-4-7-11-16(9-5-2)18-14-15-10-8-12-17(13-15)19-6-3/h8,10,12-13,16,18H,4-7,9,11,14H2,1-3H3. The minimum Gasteiger partial charge on any atom is -0.494 e. The number of hydrogen-bond acceptors (Lipinski definition) is 2. The van der Waals surface area contributed by atoms with Gasteiger partial charge in [0.15, 0.2) is 0 Å². The van der Waals surface area contributed by atoms with E-state index in [1.807, 2.05) is 13.0 Å². The number of ether oxygens (including phenoxy) is 1. The van der Waals surface area contributed by atoms with E-state index in [-0.39, 0.29) is 0 Å².